The van der Waals surface area contributed by atoms with Gasteiger partial charge in [0.25, 0.3) is 0 Å². The second kappa shape index (κ2) is 9.69. The predicted molar refractivity (Wildman–Crippen MR) is 113 cm³/mol. The average Bonchev–Trinajstić information content (AvgIpc) is 2.74. The molecule has 0 saturated heterocycles. The minimum atomic E-state index is -4.23. The summed E-state index contributed by atoms with van der Waals surface area (Å²) >= 11 is 0. The Morgan fingerprint density at radius 2 is 1.12 bits per heavy atom. The maximum absolute atomic E-state index is 13.7. The van der Waals surface area contributed by atoms with Crippen molar-refractivity contribution in [2.75, 3.05) is 14.2 Å². The summed E-state index contributed by atoms with van der Waals surface area (Å²) < 4.78 is 94.2. The molecule has 176 valence electrons. The minimum absolute atomic E-state index is 0.0451. The van der Waals surface area contributed by atoms with Crippen molar-refractivity contribution >= 4 is 20.0 Å². The molecule has 0 heterocycles. The fourth-order valence-electron chi connectivity index (χ4n) is 3.66. The molecule has 0 bridgehead atoms. The third kappa shape index (κ3) is 5.37. The van der Waals surface area contributed by atoms with Crippen LogP contribution in [-0.4, -0.2) is 43.1 Å². The second-order valence-electron chi connectivity index (χ2n) is 7.33. The zero-order chi connectivity index (χ0) is 23.5. The number of nitrogens with one attached hydrogen (secondary N) is 2. The van der Waals surface area contributed by atoms with Gasteiger partial charge in [-0.2, -0.15) is 0 Å². The van der Waals surface area contributed by atoms with Gasteiger partial charge in [0, 0.05) is 12.1 Å². The van der Waals surface area contributed by atoms with E-state index >= 15 is 0 Å². The second-order valence-corrected chi connectivity index (χ2v) is 10.7. The summed E-state index contributed by atoms with van der Waals surface area (Å²) in [4.78, 5) is -0.780. The first-order chi connectivity index (χ1) is 15.1. The van der Waals surface area contributed by atoms with Crippen molar-refractivity contribution in [2.24, 2.45) is 0 Å². The van der Waals surface area contributed by atoms with E-state index < -0.39 is 43.8 Å². The lowest BCUT2D eigenvalue weighted by Gasteiger charge is -2.32. The van der Waals surface area contributed by atoms with Crippen LogP contribution in [0.1, 0.15) is 25.7 Å². The molecule has 0 aliphatic heterocycles. The standard InChI is InChI=1S/C20H24F2N2O6S2/c1-29-17-9-7-13(21)11-19(17)31(25,26)23-15-5-3-4-6-16(15)24-32(27,28)20-12-14(22)8-10-18(20)30-2/h7-12,15-16,23-24H,3-6H2,1-2H3/t15-,16-/m1/s1. The zero-order valence-corrected chi connectivity index (χ0v) is 19.1. The number of hydrogen-bond donors (Lipinski definition) is 2. The molecule has 0 spiro atoms. The first-order valence-corrected chi connectivity index (χ1v) is 12.8. The summed E-state index contributed by atoms with van der Waals surface area (Å²) in [5.41, 5.74) is 0. The molecule has 32 heavy (non-hydrogen) atoms. The smallest absolute Gasteiger partial charge is 0.244 e. The van der Waals surface area contributed by atoms with Crippen molar-refractivity contribution in [1.29, 1.82) is 0 Å². The molecule has 3 rings (SSSR count). The molecule has 2 N–H and O–H groups in total. The molecule has 8 nitrogen and oxygen atoms in total. The maximum atomic E-state index is 13.7. The van der Waals surface area contributed by atoms with Crippen LogP contribution in [0.5, 0.6) is 11.5 Å². The van der Waals surface area contributed by atoms with E-state index in [0.29, 0.717) is 25.7 Å². The summed E-state index contributed by atoms with van der Waals surface area (Å²) in [5.74, 6) is -1.61. The molecule has 1 saturated carbocycles. The van der Waals surface area contributed by atoms with E-state index in [0.717, 1.165) is 24.3 Å². The Labute approximate surface area is 186 Å². The van der Waals surface area contributed by atoms with Gasteiger partial charge in [0.15, 0.2) is 0 Å². The Kier molecular flexibility index (Phi) is 7.38. The first kappa shape index (κ1) is 24.4. The van der Waals surface area contributed by atoms with Crippen LogP contribution in [0.2, 0.25) is 0 Å². The van der Waals surface area contributed by atoms with Crippen LogP contribution in [0.3, 0.4) is 0 Å². The van der Waals surface area contributed by atoms with Crippen molar-refractivity contribution in [1.82, 2.24) is 9.44 Å². The number of sulfonamides is 2. The largest absolute Gasteiger partial charge is 0.495 e. The van der Waals surface area contributed by atoms with E-state index in [2.05, 4.69) is 9.44 Å². The average molecular weight is 491 g/mol. The Hall–Kier alpha value is -2.28. The van der Waals surface area contributed by atoms with Crippen LogP contribution in [0.15, 0.2) is 46.2 Å². The van der Waals surface area contributed by atoms with Crippen molar-refractivity contribution in [2.45, 2.75) is 47.6 Å². The van der Waals surface area contributed by atoms with Gasteiger partial charge in [-0.05, 0) is 49.2 Å². The van der Waals surface area contributed by atoms with Crippen LogP contribution in [0.25, 0.3) is 0 Å². The van der Waals surface area contributed by atoms with Gasteiger partial charge < -0.3 is 9.47 Å². The van der Waals surface area contributed by atoms with Gasteiger partial charge in [-0.25, -0.2) is 35.1 Å². The van der Waals surface area contributed by atoms with E-state index in [1.807, 2.05) is 0 Å². The Bertz CT molecular complexity index is 1100. The van der Waals surface area contributed by atoms with Gasteiger partial charge in [0.1, 0.15) is 32.9 Å². The monoisotopic (exact) mass is 490 g/mol. The molecule has 2 atom stereocenters. The predicted octanol–water partition coefficient (Wildman–Crippen LogP) is 2.55. The molecular weight excluding hydrogens is 466 g/mol. The number of ether oxygens (including phenoxy) is 2. The van der Waals surface area contributed by atoms with E-state index in [1.54, 1.807) is 0 Å². The molecule has 1 aliphatic rings. The van der Waals surface area contributed by atoms with E-state index in [1.165, 1.54) is 26.4 Å². The highest BCUT2D eigenvalue weighted by molar-refractivity contribution is 7.90. The Morgan fingerprint density at radius 1 is 0.750 bits per heavy atom. The molecular formula is C20H24F2N2O6S2. The summed E-state index contributed by atoms with van der Waals surface area (Å²) in [5, 5.41) is 0. The normalized spacial score (nSPS) is 19.5. The molecule has 0 radical (unpaired) electrons. The van der Waals surface area contributed by atoms with Crippen LogP contribution in [-0.2, 0) is 20.0 Å². The van der Waals surface area contributed by atoms with Crippen LogP contribution < -0.4 is 18.9 Å². The Morgan fingerprint density at radius 3 is 1.47 bits per heavy atom. The fraction of sp³-hybridized carbons (Fsp3) is 0.400. The molecule has 0 unspecified atom stereocenters. The van der Waals surface area contributed by atoms with Crippen molar-refractivity contribution in [3.8, 4) is 11.5 Å². The third-order valence-corrected chi connectivity index (χ3v) is 8.23. The summed E-state index contributed by atoms with van der Waals surface area (Å²) in [6.07, 6.45) is 2.03. The van der Waals surface area contributed by atoms with Crippen molar-refractivity contribution < 1.29 is 35.1 Å². The summed E-state index contributed by atoms with van der Waals surface area (Å²) in [6, 6.07) is 4.58. The fourth-order valence-corrected chi connectivity index (χ4v) is 6.64. The number of benzene rings is 2. The summed E-state index contributed by atoms with van der Waals surface area (Å²) in [6.45, 7) is 0. The number of hydrogen-bond acceptors (Lipinski definition) is 6. The number of rotatable bonds is 8. The SMILES string of the molecule is COc1ccc(F)cc1S(=O)(=O)N[C@@H]1CCCC[C@H]1NS(=O)(=O)c1cc(F)ccc1OC. The van der Waals surface area contributed by atoms with Crippen LogP contribution in [0, 0.1) is 11.6 Å². The van der Waals surface area contributed by atoms with Gasteiger partial charge in [-0.1, -0.05) is 12.8 Å². The first-order valence-electron chi connectivity index (χ1n) is 9.79. The minimum Gasteiger partial charge on any atom is -0.495 e. The highest BCUT2D eigenvalue weighted by Crippen LogP contribution is 2.29. The lowest BCUT2D eigenvalue weighted by atomic mass is 9.92. The van der Waals surface area contributed by atoms with E-state index in [4.69, 9.17) is 9.47 Å². The van der Waals surface area contributed by atoms with Gasteiger partial charge in [-0.3, -0.25) is 0 Å². The summed E-state index contributed by atoms with van der Waals surface area (Å²) in [7, 11) is -5.94. The Balaban J connectivity index is 1.89. The molecule has 0 aromatic heterocycles. The number of methoxy groups -OCH3 is 2. The highest BCUT2D eigenvalue weighted by Gasteiger charge is 2.34. The molecule has 2 aromatic carbocycles. The van der Waals surface area contributed by atoms with Gasteiger partial charge in [-0.15, -0.1) is 0 Å². The van der Waals surface area contributed by atoms with Crippen molar-refractivity contribution in [3.05, 3.63) is 48.0 Å². The lowest BCUT2D eigenvalue weighted by Crippen LogP contribution is -2.53. The topological polar surface area (TPSA) is 111 Å². The third-order valence-electron chi connectivity index (χ3n) is 5.21. The van der Waals surface area contributed by atoms with E-state index in [9.17, 15) is 25.6 Å². The molecule has 1 fully saturated rings. The molecule has 0 amide bonds. The van der Waals surface area contributed by atoms with Gasteiger partial charge in [0.05, 0.1) is 14.2 Å². The van der Waals surface area contributed by atoms with Gasteiger partial charge >= 0.3 is 0 Å². The molecule has 2 aromatic rings. The maximum Gasteiger partial charge on any atom is 0.244 e. The lowest BCUT2D eigenvalue weighted by molar-refractivity contribution is 0.338. The van der Waals surface area contributed by atoms with Crippen molar-refractivity contribution in [3.63, 3.8) is 0 Å². The quantitative estimate of drug-likeness (QED) is 0.589. The number of halogens is 2. The van der Waals surface area contributed by atoms with Crippen LogP contribution >= 0.6 is 0 Å². The van der Waals surface area contributed by atoms with E-state index in [-0.39, 0.29) is 21.3 Å². The molecule has 1 aliphatic carbocycles. The highest BCUT2D eigenvalue weighted by atomic mass is 32.2. The van der Waals surface area contributed by atoms with Crippen LogP contribution in [0.4, 0.5) is 8.78 Å². The zero-order valence-electron chi connectivity index (χ0n) is 17.5. The molecule has 12 heteroatoms. The van der Waals surface area contributed by atoms with Gasteiger partial charge in [0.2, 0.25) is 20.0 Å².